The molecule has 0 saturated carbocycles. The van der Waals surface area contributed by atoms with Crippen LogP contribution in [-0.4, -0.2) is 35.5 Å². The van der Waals surface area contributed by atoms with Gasteiger partial charge in [0.15, 0.2) is 0 Å². The molecule has 2 N–H and O–H groups in total. The first-order valence-electron chi connectivity index (χ1n) is 11.8. The lowest BCUT2D eigenvalue weighted by Crippen LogP contribution is -2.67. The number of nitrogens with one attached hydrogen (secondary N) is 2. The van der Waals surface area contributed by atoms with Crippen LogP contribution >= 0.6 is 22.7 Å². The Balaban J connectivity index is 1.60. The molecule has 40 heavy (non-hydrogen) atoms. The van der Waals surface area contributed by atoms with Crippen LogP contribution in [0.5, 0.6) is 0 Å². The van der Waals surface area contributed by atoms with Crippen LogP contribution in [0.15, 0.2) is 0 Å². The molecule has 0 aromatic carbocycles. The van der Waals surface area contributed by atoms with Gasteiger partial charge in [0.1, 0.15) is 22.1 Å². The van der Waals surface area contributed by atoms with Gasteiger partial charge in [0.05, 0.1) is 11.1 Å². The van der Waals surface area contributed by atoms with Crippen molar-refractivity contribution in [3.05, 3.63) is 32.0 Å². The van der Waals surface area contributed by atoms with E-state index in [4.69, 9.17) is 0 Å². The third kappa shape index (κ3) is 4.51. The van der Waals surface area contributed by atoms with Crippen LogP contribution in [0.3, 0.4) is 0 Å². The molecular formula is C24H18F8N4O2S2. The van der Waals surface area contributed by atoms with Gasteiger partial charge < -0.3 is 10.6 Å². The fraction of sp³-hybridized carbons (Fsp3) is 0.500. The zero-order chi connectivity index (χ0) is 29.7. The Morgan fingerprint density at radius 3 is 1.27 bits per heavy atom. The second-order valence-electron chi connectivity index (χ2n) is 9.26. The lowest BCUT2D eigenvalue weighted by molar-refractivity contribution is -0.345. The number of anilines is 2. The first kappa shape index (κ1) is 29.7. The number of rotatable bonds is 7. The van der Waals surface area contributed by atoms with Crippen LogP contribution in [0.1, 0.15) is 57.7 Å². The quantitative estimate of drug-likeness (QED) is 0.353. The zero-order valence-electron chi connectivity index (χ0n) is 20.2. The number of alkyl halides is 8. The van der Waals surface area contributed by atoms with Crippen molar-refractivity contribution in [2.75, 3.05) is 10.6 Å². The summed E-state index contributed by atoms with van der Waals surface area (Å²) < 4.78 is 116. The highest BCUT2D eigenvalue weighted by Crippen LogP contribution is 2.54. The number of carbonyl (C=O) groups is 2. The second-order valence-corrected chi connectivity index (χ2v) is 11.5. The number of nitrogens with zero attached hydrogens (tertiary/aromatic N) is 2. The fourth-order valence-corrected chi connectivity index (χ4v) is 7.06. The van der Waals surface area contributed by atoms with Crippen LogP contribution in [0.25, 0.3) is 0 Å². The molecule has 0 unspecified atom stereocenters. The predicted octanol–water partition coefficient (Wildman–Crippen LogP) is 6.43. The Morgan fingerprint density at radius 2 is 0.950 bits per heavy atom. The van der Waals surface area contributed by atoms with Gasteiger partial charge in [0, 0.05) is 9.75 Å². The molecule has 0 atom stereocenters. The third-order valence-corrected chi connectivity index (χ3v) is 9.19. The van der Waals surface area contributed by atoms with Crippen LogP contribution in [0.4, 0.5) is 45.1 Å². The highest BCUT2D eigenvalue weighted by molar-refractivity contribution is 7.17. The summed E-state index contributed by atoms with van der Waals surface area (Å²) in [6.45, 7) is 0. The summed E-state index contributed by atoms with van der Waals surface area (Å²) in [6, 6.07) is 3.28. The van der Waals surface area contributed by atoms with E-state index >= 15 is 0 Å². The molecule has 2 aliphatic carbocycles. The van der Waals surface area contributed by atoms with Crippen molar-refractivity contribution < 1.29 is 44.7 Å². The van der Waals surface area contributed by atoms with Crippen molar-refractivity contribution in [2.24, 2.45) is 0 Å². The molecule has 0 saturated heterocycles. The molecule has 16 heteroatoms. The van der Waals surface area contributed by atoms with E-state index in [2.05, 4.69) is 0 Å². The molecule has 0 fully saturated rings. The number of amides is 2. The molecule has 0 bridgehead atoms. The van der Waals surface area contributed by atoms with Gasteiger partial charge in [-0.3, -0.25) is 9.59 Å². The average molecular weight is 611 g/mol. The number of hydrogen-bond acceptors (Lipinski definition) is 6. The molecule has 2 aromatic rings. The SMILES string of the molecule is N#Cc1c(NC(=O)C(F)(F)C(F)(F)C(F)(F)C(F)(F)C(=O)Nc2sc3c(c2C#N)CCCC3)sc2c1CCCC2. The highest BCUT2D eigenvalue weighted by atomic mass is 32.1. The fourth-order valence-electron chi connectivity index (χ4n) is 4.59. The molecular weight excluding hydrogens is 592 g/mol. The lowest BCUT2D eigenvalue weighted by Gasteiger charge is -2.35. The Labute approximate surface area is 229 Å². The molecule has 2 heterocycles. The second kappa shape index (κ2) is 10.3. The van der Waals surface area contributed by atoms with E-state index in [1.165, 1.54) is 10.6 Å². The Hall–Kier alpha value is -3.24. The molecule has 2 aliphatic rings. The summed E-state index contributed by atoms with van der Waals surface area (Å²) >= 11 is 1.24. The number of thiophene rings is 2. The number of hydrogen-bond donors (Lipinski definition) is 2. The largest absolute Gasteiger partial charge is 0.393 e. The van der Waals surface area contributed by atoms with Gasteiger partial charge in [-0.25, -0.2) is 0 Å². The van der Waals surface area contributed by atoms with Crippen molar-refractivity contribution in [1.82, 2.24) is 0 Å². The van der Waals surface area contributed by atoms with Gasteiger partial charge >= 0.3 is 35.5 Å². The van der Waals surface area contributed by atoms with E-state index in [0.717, 1.165) is 0 Å². The summed E-state index contributed by atoms with van der Waals surface area (Å²) in [4.78, 5) is 25.3. The van der Waals surface area contributed by atoms with E-state index < -0.39 is 45.5 Å². The maximum atomic E-state index is 14.6. The van der Waals surface area contributed by atoms with E-state index in [1.54, 1.807) is 12.1 Å². The molecule has 0 spiro atoms. The summed E-state index contributed by atoms with van der Waals surface area (Å²) in [5.74, 6) is -33.1. The number of nitriles is 2. The molecule has 214 valence electrons. The summed E-state index contributed by atoms with van der Waals surface area (Å²) in [5, 5.41) is 20.1. The standard InChI is InChI=1S/C24H18F8N4O2S2/c25-21(26,19(37)35-17-13(9-33)11-5-1-3-7-15(11)39-17)23(29,30)24(31,32)22(27,28)20(38)36-18-14(10-34)12-6-2-4-8-16(12)40-18/h1-8H2,(H,35,37)(H,36,38). The molecule has 4 rings (SSSR count). The van der Waals surface area contributed by atoms with Gasteiger partial charge in [0.25, 0.3) is 0 Å². The smallest absolute Gasteiger partial charge is 0.311 e. The minimum atomic E-state index is -7.07. The van der Waals surface area contributed by atoms with Gasteiger partial charge in [-0.05, 0) is 62.5 Å². The molecule has 2 amide bonds. The van der Waals surface area contributed by atoms with E-state index in [-0.39, 0.29) is 11.1 Å². The average Bonchev–Trinajstić information content (AvgIpc) is 3.44. The Morgan fingerprint density at radius 1 is 0.625 bits per heavy atom. The van der Waals surface area contributed by atoms with Crippen molar-refractivity contribution in [3.8, 4) is 12.1 Å². The van der Waals surface area contributed by atoms with Gasteiger partial charge in [0.2, 0.25) is 0 Å². The zero-order valence-corrected chi connectivity index (χ0v) is 21.8. The normalized spacial score (nSPS) is 15.8. The predicted molar refractivity (Wildman–Crippen MR) is 128 cm³/mol. The summed E-state index contributed by atoms with van der Waals surface area (Å²) in [6.07, 6.45) is 4.02. The first-order chi connectivity index (χ1) is 18.6. The monoisotopic (exact) mass is 610 g/mol. The highest BCUT2D eigenvalue weighted by Gasteiger charge is 2.84. The number of fused-ring (bicyclic) bond motifs is 2. The summed E-state index contributed by atoms with van der Waals surface area (Å²) in [5.41, 5.74) is 0.167. The molecule has 0 aliphatic heterocycles. The van der Waals surface area contributed by atoms with Crippen LogP contribution < -0.4 is 10.6 Å². The summed E-state index contributed by atoms with van der Waals surface area (Å²) in [7, 11) is 0. The van der Waals surface area contributed by atoms with Gasteiger partial charge in [-0.15, -0.1) is 22.7 Å². The van der Waals surface area contributed by atoms with Crippen molar-refractivity contribution >= 4 is 44.5 Å². The number of halogens is 8. The van der Waals surface area contributed by atoms with Crippen LogP contribution in [-0.2, 0) is 35.3 Å². The first-order valence-corrected chi connectivity index (χ1v) is 13.5. The molecule has 0 radical (unpaired) electrons. The third-order valence-electron chi connectivity index (χ3n) is 6.77. The topological polar surface area (TPSA) is 106 Å². The lowest BCUT2D eigenvalue weighted by atomic mass is 9.95. The van der Waals surface area contributed by atoms with E-state index in [0.29, 0.717) is 94.9 Å². The minimum absolute atomic E-state index is 0.310. The molecule has 2 aromatic heterocycles. The number of aryl methyl sites for hydroxylation is 2. The van der Waals surface area contributed by atoms with Crippen LogP contribution in [0.2, 0.25) is 0 Å². The van der Waals surface area contributed by atoms with Gasteiger partial charge in [-0.1, -0.05) is 0 Å². The van der Waals surface area contributed by atoms with Crippen molar-refractivity contribution in [2.45, 2.75) is 75.1 Å². The van der Waals surface area contributed by atoms with Crippen molar-refractivity contribution in [1.29, 1.82) is 10.5 Å². The van der Waals surface area contributed by atoms with E-state index in [9.17, 15) is 55.2 Å². The van der Waals surface area contributed by atoms with Crippen LogP contribution in [0, 0.1) is 22.7 Å². The maximum Gasteiger partial charge on any atom is 0.393 e. The van der Waals surface area contributed by atoms with Crippen molar-refractivity contribution in [3.63, 3.8) is 0 Å². The van der Waals surface area contributed by atoms with Gasteiger partial charge in [-0.2, -0.15) is 45.6 Å². The Kier molecular flexibility index (Phi) is 7.66. The number of carbonyl (C=O) groups excluding carboxylic acids is 2. The maximum absolute atomic E-state index is 14.6. The van der Waals surface area contributed by atoms with E-state index in [1.807, 2.05) is 0 Å². The minimum Gasteiger partial charge on any atom is -0.311 e. The Bertz CT molecular complexity index is 1340. The molecule has 6 nitrogen and oxygen atoms in total.